The van der Waals surface area contributed by atoms with Gasteiger partial charge in [0.05, 0.1) is 0 Å². The van der Waals surface area contributed by atoms with Crippen LogP contribution in [0, 0.1) is 0 Å². The second-order valence-electron chi connectivity index (χ2n) is 8.90. The molecule has 0 aromatic rings. The summed E-state index contributed by atoms with van der Waals surface area (Å²) in [5.41, 5.74) is 5.66. The molecule has 0 aromatic carbocycles. The van der Waals surface area contributed by atoms with Crippen LogP contribution in [0.3, 0.4) is 0 Å². The van der Waals surface area contributed by atoms with E-state index in [9.17, 15) is 4.79 Å². The summed E-state index contributed by atoms with van der Waals surface area (Å²) in [6.07, 6.45) is 22.1. The van der Waals surface area contributed by atoms with Crippen molar-refractivity contribution in [3.8, 4) is 0 Å². The van der Waals surface area contributed by atoms with Gasteiger partial charge in [0.25, 0.3) is 0 Å². The van der Waals surface area contributed by atoms with E-state index in [4.69, 9.17) is 4.74 Å². The lowest BCUT2D eigenvalue weighted by molar-refractivity contribution is -0.142. The van der Waals surface area contributed by atoms with Gasteiger partial charge in [-0.3, -0.25) is 4.79 Å². The van der Waals surface area contributed by atoms with Crippen LogP contribution in [0.1, 0.15) is 119 Å². The first-order valence-electron chi connectivity index (χ1n) is 12.1. The molecule has 0 amide bonds. The number of hydrogen-bond donors (Lipinski definition) is 0. The summed E-state index contributed by atoms with van der Waals surface area (Å²) in [5.74, 6) is -0.0597. The Hall–Kier alpha value is -1.57. The van der Waals surface area contributed by atoms with Gasteiger partial charge in [0.2, 0.25) is 0 Å². The molecule has 2 heteroatoms. The third-order valence-electron chi connectivity index (χ3n) is 5.31. The van der Waals surface area contributed by atoms with Gasteiger partial charge in [-0.05, 0) is 85.6 Å². The van der Waals surface area contributed by atoms with Crippen LogP contribution in [0.2, 0.25) is 0 Å². The third-order valence-corrected chi connectivity index (χ3v) is 5.31. The molecule has 0 saturated carbocycles. The van der Waals surface area contributed by atoms with Crippen molar-refractivity contribution in [1.82, 2.24) is 0 Å². The number of hydrogen-bond acceptors (Lipinski definition) is 2. The summed E-state index contributed by atoms with van der Waals surface area (Å²) < 4.78 is 5.32. The fourth-order valence-corrected chi connectivity index (χ4v) is 3.21. The number of carbonyl (C=O) groups excluding carboxylic acids is 1. The largest absolute Gasteiger partial charge is 0.461 e. The van der Waals surface area contributed by atoms with Crippen molar-refractivity contribution in [3.05, 3.63) is 46.6 Å². The van der Waals surface area contributed by atoms with Crippen LogP contribution in [0.25, 0.3) is 0 Å². The average Bonchev–Trinajstić information content (AvgIpc) is 2.67. The number of esters is 1. The third kappa shape index (κ3) is 19.7. The lowest BCUT2D eigenvalue weighted by atomic mass is 10.0. The zero-order valence-electron chi connectivity index (χ0n) is 20.8. The van der Waals surface area contributed by atoms with Crippen LogP contribution in [-0.2, 0) is 9.53 Å². The molecule has 0 fully saturated rings. The molecule has 0 aliphatic carbocycles. The summed E-state index contributed by atoms with van der Waals surface area (Å²) in [4.78, 5) is 11.7. The van der Waals surface area contributed by atoms with Crippen LogP contribution < -0.4 is 0 Å². The average molecular weight is 417 g/mol. The maximum absolute atomic E-state index is 11.7. The van der Waals surface area contributed by atoms with Crippen LogP contribution in [-0.4, -0.2) is 12.6 Å². The first kappa shape index (κ1) is 28.4. The fourth-order valence-electron chi connectivity index (χ4n) is 3.21. The number of rotatable bonds is 17. The second-order valence-corrected chi connectivity index (χ2v) is 8.90. The van der Waals surface area contributed by atoms with Gasteiger partial charge in [-0.25, -0.2) is 0 Å². The van der Waals surface area contributed by atoms with E-state index in [0.717, 1.165) is 44.9 Å². The lowest BCUT2D eigenvalue weighted by Gasteiger charge is -2.04. The van der Waals surface area contributed by atoms with Crippen molar-refractivity contribution in [2.24, 2.45) is 0 Å². The minimum Gasteiger partial charge on any atom is -0.461 e. The lowest BCUT2D eigenvalue weighted by Crippen LogP contribution is -2.04. The van der Waals surface area contributed by atoms with Crippen molar-refractivity contribution in [1.29, 1.82) is 0 Å². The summed E-state index contributed by atoms with van der Waals surface area (Å²) >= 11 is 0. The van der Waals surface area contributed by atoms with Gasteiger partial charge in [0.1, 0.15) is 6.61 Å². The quantitative estimate of drug-likeness (QED) is 0.134. The summed E-state index contributed by atoms with van der Waals surface area (Å²) in [7, 11) is 0. The minimum absolute atomic E-state index is 0.0597. The Morgan fingerprint density at radius 1 is 0.633 bits per heavy atom. The minimum atomic E-state index is -0.0597. The maximum atomic E-state index is 11.7. The van der Waals surface area contributed by atoms with E-state index in [0.29, 0.717) is 13.0 Å². The van der Waals surface area contributed by atoms with Gasteiger partial charge >= 0.3 is 5.97 Å². The Morgan fingerprint density at radius 2 is 1.13 bits per heavy atom. The number of allylic oxidation sites excluding steroid dienone is 7. The topological polar surface area (TPSA) is 26.3 Å². The molecule has 0 atom stereocenters. The zero-order valence-corrected chi connectivity index (χ0v) is 20.8. The molecule has 0 bridgehead atoms. The van der Waals surface area contributed by atoms with Crippen molar-refractivity contribution in [3.63, 3.8) is 0 Å². The van der Waals surface area contributed by atoms with Gasteiger partial charge in [0.15, 0.2) is 0 Å². The van der Waals surface area contributed by atoms with E-state index in [-0.39, 0.29) is 5.97 Å². The van der Waals surface area contributed by atoms with Gasteiger partial charge in [-0.15, -0.1) is 0 Å². The van der Waals surface area contributed by atoms with Crippen molar-refractivity contribution < 1.29 is 9.53 Å². The van der Waals surface area contributed by atoms with E-state index in [1.807, 2.05) is 0 Å². The second kappa shape index (κ2) is 19.4. The summed E-state index contributed by atoms with van der Waals surface area (Å²) in [6.45, 7) is 13.5. The molecule has 2 nitrogen and oxygen atoms in total. The molecular formula is C28H48O2. The predicted molar refractivity (Wildman–Crippen MR) is 133 cm³/mol. The first-order chi connectivity index (χ1) is 14.3. The highest BCUT2D eigenvalue weighted by molar-refractivity contribution is 5.69. The van der Waals surface area contributed by atoms with Gasteiger partial charge in [0, 0.05) is 6.42 Å². The monoisotopic (exact) mass is 416 g/mol. The van der Waals surface area contributed by atoms with Gasteiger partial charge < -0.3 is 4.74 Å². The molecule has 30 heavy (non-hydrogen) atoms. The number of carbonyl (C=O) groups is 1. The van der Waals surface area contributed by atoms with Crippen LogP contribution in [0.15, 0.2) is 46.6 Å². The molecule has 0 heterocycles. The van der Waals surface area contributed by atoms with E-state index < -0.39 is 0 Å². The molecular weight excluding hydrogens is 368 g/mol. The van der Waals surface area contributed by atoms with E-state index >= 15 is 0 Å². The highest BCUT2D eigenvalue weighted by Gasteiger charge is 2.01. The van der Waals surface area contributed by atoms with Crippen molar-refractivity contribution >= 4 is 5.97 Å². The maximum Gasteiger partial charge on any atom is 0.306 e. The Labute approximate surface area is 187 Å². The molecule has 0 rings (SSSR count). The molecule has 0 aromatic heterocycles. The smallest absolute Gasteiger partial charge is 0.306 e. The van der Waals surface area contributed by atoms with E-state index in [2.05, 4.69) is 65.8 Å². The highest BCUT2D eigenvalue weighted by Crippen LogP contribution is 2.13. The van der Waals surface area contributed by atoms with Crippen LogP contribution in [0.5, 0.6) is 0 Å². The molecule has 172 valence electrons. The Kier molecular flexibility index (Phi) is 18.4. The van der Waals surface area contributed by atoms with E-state index in [1.54, 1.807) is 0 Å². The Balaban J connectivity index is 3.92. The predicted octanol–water partition coefficient (Wildman–Crippen LogP) is 9.04. The first-order valence-corrected chi connectivity index (χ1v) is 12.1. The fraction of sp³-hybridized carbons (Fsp3) is 0.679. The van der Waals surface area contributed by atoms with Crippen molar-refractivity contribution in [2.45, 2.75) is 119 Å². The SMILES string of the molecule is CCCCCCCC(=O)OCC=C(C)CCC=C(C)CCC=C(C)CCC=C(C)C. The molecule has 0 aliphatic heterocycles. The summed E-state index contributed by atoms with van der Waals surface area (Å²) in [6, 6.07) is 0. The molecule has 0 unspecified atom stereocenters. The molecule has 0 N–H and O–H groups in total. The van der Waals surface area contributed by atoms with Crippen LogP contribution in [0.4, 0.5) is 0 Å². The molecule has 0 radical (unpaired) electrons. The number of ether oxygens (including phenoxy) is 1. The standard InChI is InChI=1S/C28H48O2/c1-7-8-9-10-11-21-28(29)30-23-22-27(6)20-14-19-26(5)18-13-17-25(4)16-12-15-24(2)3/h15,17,19,22H,7-14,16,18,20-21,23H2,1-6H3. The number of unbranched alkanes of at least 4 members (excludes halogenated alkanes) is 4. The summed E-state index contributed by atoms with van der Waals surface area (Å²) in [5, 5.41) is 0. The molecule has 0 spiro atoms. The van der Waals surface area contributed by atoms with Crippen molar-refractivity contribution in [2.75, 3.05) is 6.61 Å². The highest BCUT2D eigenvalue weighted by atomic mass is 16.5. The van der Waals surface area contributed by atoms with Crippen LogP contribution >= 0.6 is 0 Å². The van der Waals surface area contributed by atoms with Gasteiger partial charge in [-0.1, -0.05) is 73.1 Å². The zero-order chi connectivity index (χ0) is 22.6. The Bertz CT molecular complexity index is 571. The Morgan fingerprint density at radius 3 is 1.67 bits per heavy atom. The molecule has 0 aliphatic rings. The van der Waals surface area contributed by atoms with E-state index in [1.165, 1.54) is 48.0 Å². The molecule has 0 saturated heterocycles. The normalized spacial score (nSPS) is 12.8. The van der Waals surface area contributed by atoms with Gasteiger partial charge in [-0.2, -0.15) is 0 Å².